The van der Waals surface area contributed by atoms with E-state index >= 15 is 0 Å². The molecule has 0 bridgehead atoms. The first-order valence-corrected chi connectivity index (χ1v) is 12.7. The zero-order chi connectivity index (χ0) is 25.6. The number of fused-ring (bicyclic) bond motifs is 2. The van der Waals surface area contributed by atoms with Gasteiger partial charge in [0, 0.05) is 23.9 Å². The molecule has 0 spiro atoms. The van der Waals surface area contributed by atoms with Crippen LogP contribution in [0.25, 0.3) is 0 Å². The molecule has 0 radical (unpaired) electrons. The van der Waals surface area contributed by atoms with Crippen molar-refractivity contribution in [2.24, 2.45) is 16.8 Å². The van der Waals surface area contributed by atoms with Gasteiger partial charge in [0.2, 0.25) is 0 Å². The fourth-order valence-corrected chi connectivity index (χ4v) is 2.60. The molecule has 186 valence electrons. The van der Waals surface area contributed by atoms with Crippen LogP contribution in [0, 0.1) is 11.8 Å². The third-order valence-electron chi connectivity index (χ3n) is 3.73. The molecule has 0 saturated heterocycles. The number of ketones is 1. The number of rotatable bonds is 0. The molecule has 3 heteroatoms. The second-order valence-electron chi connectivity index (χ2n) is 8.64. The minimum Gasteiger partial charge on any atom is -0.312 e. The highest BCUT2D eigenvalue weighted by Gasteiger charge is 2.11. The largest absolute Gasteiger partial charge is 0.312 e. The Morgan fingerprint density at radius 2 is 1.24 bits per heavy atom. The second kappa shape index (κ2) is 21.6. The van der Waals surface area contributed by atoms with E-state index in [4.69, 9.17) is 0 Å². The third-order valence-corrected chi connectivity index (χ3v) is 3.73. The SMILES string of the molecule is CC.CC.CC(C)C.CC(C)C.O=C1CN=Cc2ccccc21.c1ccc2c(c1)CCNC2. The zero-order valence-corrected chi connectivity index (χ0v) is 23.0. The number of hydrogen-bond donors (Lipinski definition) is 1. The molecule has 2 aliphatic heterocycles. The Bertz CT molecular complexity index is 727. The van der Waals surface area contributed by atoms with Gasteiger partial charge in [-0.25, -0.2) is 0 Å². The molecule has 4 rings (SSSR count). The lowest BCUT2D eigenvalue weighted by Gasteiger charge is -2.15. The molecular formula is C30H50N2O. The van der Waals surface area contributed by atoms with Crippen LogP contribution in [0.15, 0.2) is 53.5 Å². The van der Waals surface area contributed by atoms with E-state index in [1.54, 1.807) is 6.21 Å². The van der Waals surface area contributed by atoms with E-state index < -0.39 is 0 Å². The highest BCUT2D eigenvalue weighted by molar-refractivity contribution is 6.07. The van der Waals surface area contributed by atoms with Crippen LogP contribution in [0.1, 0.15) is 96.3 Å². The van der Waals surface area contributed by atoms with E-state index in [1.165, 1.54) is 17.5 Å². The molecule has 2 aliphatic rings. The number of nitrogens with zero attached hydrogens (tertiary/aromatic N) is 1. The molecule has 0 atom stereocenters. The molecular weight excluding hydrogens is 404 g/mol. The van der Waals surface area contributed by atoms with Crippen molar-refractivity contribution in [1.82, 2.24) is 5.32 Å². The van der Waals surface area contributed by atoms with Crippen molar-refractivity contribution in [3.8, 4) is 0 Å². The predicted molar refractivity (Wildman–Crippen MR) is 149 cm³/mol. The molecule has 0 fully saturated rings. The molecule has 0 amide bonds. The fraction of sp³-hybridized carbons (Fsp3) is 0.533. The lowest BCUT2D eigenvalue weighted by Crippen LogP contribution is -2.23. The van der Waals surface area contributed by atoms with Gasteiger partial charge in [0.15, 0.2) is 5.78 Å². The summed E-state index contributed by atoms with van der Waals surface area (Å²) in [6, 6.07) is 16.1. The molecule has 2 aromatic rings. The topological polar surface area (TPSA) is 41.5 Å². The van der Waals surface area contributed by atoms with Crippen molar-refractivity contribution in [1.29, 1.82) is 0 Å². The first kappa shape index (κ1) is 32.9. The average molecular weight is 455 g/mol. The number of benzene rings is 2. The zero-order valence-electron chi connectivity index (χ0n) is 23.0. The van der Waals surface area contributed by atoms with Crippen molar-refractivity contribution in [3.63, 3.8) is 0 Å². The fourth-order valence-electron chi connectivity index (χ4n) is 2.60. The quantitative estimate of drug-likeness (QED) is 0.438. The molecule has 2 heterocycles. The summed E-state index contributed by atoms with van der Waals surface area (Å²) in [4.78, 5) is 15.1. The van der Waals surface area contributed by atoms with Crippen LogP contribution in [-0.2, 0) is 13.0 Å². The maximum Gasteiger partial charge on any atom is 0.184 e. The van der Waals surface area contributed by atoms with Gasteiger partial charge < -0.3 is 5.32 Å². The summed E-state index contributed by atoms with van der Waals surface area (Å²) < 4.78 is 0. The Hall–Kier alpha value is -2.26. The second-order valence-corrected chi connectivity index (χ2v) is 8.64. The Labute approximate surface area is 205 Å². The van der Waals surface area contributed by atoms with Crippen molar-refractivity contribution in [3.05, 3.63) is 70.8 Å². The first-order chi connectivity index (χ1) is 15.8. The van der Waals surface area contributed by atoms with Crippen LogP contribution >= 0.6 is 0 Å². The average Bonchev–Trinajstić information content (AvgIpc) is 2.82. The van der Waals surface area contributed by atoms with Gasteiger partial charge in [-0.05, 0) is 35.9 Å². The smallest absolute Gasteiger partial charge is 0.184 e. The molecule has 0 aliphatic carbocycles. The van der Waals surface area contributed by atoms with Gasteiger partial charge in [-0.3, -0.25) is 9.79 Å². The minimum absolute atomic E-state index is 0.114. The lowest BCUT2D eigenvalue weighted by atomic mass is 10.0. The number of nitrogens with one attached hydrogen (secondary N) is 1. The van der Waals surface area contributed by atoms with E-state index in [2.05, 4.69) is 76.1 Å². The summed E-state index contributed by atoms with van der Waals surface area (Å²) in [5.41, 5.74) is 4.71. The van der Waals surface area contributed by atoms with Gasteiger partial charge in [-0.2, -0.15) is 0 Å². The number of Topliss-reactive ketones (excluding diaryl/α,β-unsaturated/α-hetero) is 1. The number of carbonyl (C=O) groups excluding carboxylic acids is 1. The van der Waals surface area contributed by atoms with Gasteiger partial charge in [-0.1, -0.05) is 118 Å². The Kier molecular flexibility index (Phi) is 21.5. The summed E-state index contributed by atoms with van der Waals surface area (Å²) in [7, 11) is 0. The molecule has 3 nitrogen and oxygen atoms in total. The van der Waals surface area contributed by atoms with Crippen molar-refractivity contribution < 1.29 is 4.79 Å². The minimum atomic E-state index is 0.114. The highest BCUT2D eigenvalue weighted by Crippen LogP contribution is 2.12. The van der Waals surface area contributed by atoms with Crippen molar-refractivity contribution in [2.45, 2.75) is 82.2 Å². The van der Waals surface area contributed by atoms with Crippen LogP contribution in [0.5, 0.6) is 0 Å². The molecule has 0 saturated carbocycles. The van der Waals surface area contributed by atoms with E-state index in [9.17, 15) is 4.79 Å². The normalized spacial score (nSPS) is 12.4. The number of carbonyl (C=O) groups is 1. The molecule has 0 aromatic heterocycles. The number of hydrogen-bond acceptors (Lipinski definition) is 3. The van der Waals surface area contributed by atoms with E-state index in [0.29, 0.717) is 6.54 Å². The van der Waals surface area contributed by atoms with Crippen LogP contribution in [0.4, 0.5) is 0 Å². The van der Waals surface area contributed by atoms with E-state index in [0.717, 1.165) is 36.1 Å². The highest BCUT2D eigenvalue weighted by atomic mass is 16.1. The van der Waals surface area contributed by atoms with Crippen molar-refractivity contribution >= 4 is 12.0 Å². The standard InChI is InChI=1S/C9H7NO.C9H11N.2C4H10.2C2H6/c11-9-6-10-5-7-3-1-2-4-8(7)9;1-2-4-9-7-10-6-5-8(9)3-1;2*1-4(2)3;2*1-2/h1-5H,6H2;1-4,10H,5-7H2;2*4H,1-3H3;2*1-2H3. The maximum atomic E-state index is 11.2. The molecule has 33 heavy (non-hydrogen) atoms. The number of aliphatic imine (C=N–C) groups is 1. The van der Waals surface area contributed by atoms with Gasteiger partial charge in [0.1, 0.15) is 6.54 Å². The summed E-state index contributed by atoms with van der Waals surface area (Å²) in [6.45, 7) is 23.5. The van der Waals surface area contributed by atoms with E-state index in [-0.39, 0.29) is 5.78 Å². The summed E-state index contributed by atoms with van der Waals surface area (Å²) in [5.74, 6) is 1.78. The van der Waals surface area contributed by atoms with Gasteiger partial charge in [0.25, 0.3) is 0 Å². The third kappa shape index (κ3) is 17.0. The first-order valence-electron chi connectivity index (χ1n) is 12.7. The predicted octanol–water partition coefficient (Wildman–Crippen LogP) is 8.01. The molecule has 1 N–H and O–H groups in total. The van der Waals surface area contributed by atoms with Crippen LogP contribution in [-0.4, -0.2) is 25.1 Å². The van der Waals surface area contributed by atoms with Crippen LogP contribution in [0.3, 0.4) is 0 Å². The summed E-state index contributed by atoms with van der Waals surface area (Å²) >= 11 is 0. The Balaban J connectivity index is 0. The van der Waals surface area contributed by atoms with E-state index in [1.807, 2.05) is 52.0 Å². The molecule has 0 unspecified atom stereocenters. The van der Waals surface area contributed by atoms with Crippen LogP contribution in [0.2, 0.25) is 0 Å². The summed E-state index contributed by atoms with van der Waals surface area (Å²) in [6.07, 6.45) is 2.94. The van der Waals surface area contributed by atoms with Gasteiger partial charge >= 0.3 is 0 Å². The Morgan fingerprint density at radius 1 is 0.758 bits per heavy atom. The lowest BCUT2D eigenvalue weighted by molar-refractivity contribution is 0.100. The van der Waals surface area contributed by atoms with Crippen molar-refractivity contribution in [2.75, 3.05) is 13.1 Å². The van der Waals surface area contributed by atoms with Gasteiger partial charge in [0.05, 0.1) is 0 Å². The monoisotopic (exact) mass is 454 g/mol. The maximum absolute atomic E-state index is 11.2. The van der Waals surface area contributed by atoms with Gasteiger partial charge in [-0.15, -0.1) is 0 Å². The van der Waals surface area contributed by atoms with Crippen LogP contribution < -0.4 is 5.32 Å². The summed E-state index contributed by atoms with van der Waals surface area (Å²) in [5, 5.41) is 3.34. The molecule has 2 aromatic carbocycles. The Morgan fingerprint density at radius 3 is 1.76 bits per heavy atom.